The Balaban J connectivity index is 1.96. The highest BCUT2D eigenvalue weighted by atomic mass is 35.5. The monoisotopic (exact) mass is 298 g/mol. The molecule has 0 aliphatic rings. The Hall–Kier alpha value is -2.53. The summed E-state index contributed by atoms with van der Waals surface area (Å²) in [6, 6.07) is 10.9. The number of amides is 1. The van der Waals surface area contributed by atoms with Gasteiger partial charge in [0.15, 0.2) is 11.0 Å². The molecule has 21 heavy (non-hydrogen) atoms. The third-order valence-corrected chi connectivity index (χ3v) is 3.25. The predicted molar refractivity (Wildman–Crippen MR) is 81.5 cm³/mol. The molecule has 0 bridgehead atoms. The van der Waals surface area contributed by atoms with Gasteiger partial charge in [-0.05, 0) is 30.7 Å². The molecule has 3 rings (SSSR count). The van der Waals surface area contributed by atoms with Crippen molar-refractivity contribution in [3.8, 4) is 0 Å². The first kappa shape index (κ1) is 13.5. The molecule has 0 unspecified atom stereocenters. The van der Waals surface area contributed by atoms with Crippen molar-refractivity contribution >= 4 is 34.4 Å². The molecule has 0 radical (unpaired) electrons. The minimum absolute atomic E-state index is 0.149. The van der Waals surface area contributed by atoms with Gasteiger partial charge in [0, 0.05) is 6.20 Å². The van der Waals surface area contributed by atoms with Crippen LogP contribution in [-0.2, 0) is 0 Å². The average Bonchev–Trinajstić information content (AvgIpc) is 2.48. The highest BCUT2D eigenvalue weighted by Gasteiger charge is 2.14. The van der Waals surface area contributed by atoms with E-state index in [1.807, 2.05) is 31.2 Å². The molecule has 0 saturated heterocycles. The number of carbonyl (C=O) groups is 1. The highest BCUT2D eigenvalue weighted by molar-refractivity contribution is 6.32. The molecule has 1 aromatic carbocycles. The van der Waals surface area contributed by atoms with E-state index in [0.29, 0.717) is 16.7 Å². The van der Waals surface area contributed by atoms with Crippen molar-refractivity contribution in [1.82, 2.24) is 15.0 Å². The zero-order valence-corrected chi connectivity index (χ0v) is 11.9. The van der Waals surface area contributed by atoms with E-state index in [4.69, 9.17) is 11.6 Å². The fraction of sp³-hybridized carbons (Fsp3) is 0.0667. The topological polar surface area (TPSA) is 67.8 Å². The Morgan fingerprint density at radius 3 is 2.52 bits per heavy atom. The van der Waals surface area contributed by atoms with Crippen LogP contribution in [0, 0.1) is 6.92 Å². The maximum absolute atomic E-state index is 12.2. The lowest BCUT2D eigenvalue weighted by atomic mass is 10.2. The Kier molecular flexibility index (Phi) is 3.50. The first-order valence-electron chi connectivity index (χ1n) is 6.30. The number of aryl methyl sites for hydroxylation is 1. The number of hydrogen-bond donors (Lipinski definition) is 1. The van der Waals surface area contributed by atoms with Crippen molar-refractivity contribution in [2.75, 3.05) is 5.32 Å². The number of rotatable bonds is 2. The predicted octanol–water partition coefficient (Wildman–Crippen LogP) is 3.24. The van der Waals surface area contributed by atoms with Crippen molar-refractivity contribution in [1.29, 1.82) is 0 Å². The van der Waals surface area contributed by atoms with Gasteiger partial charge in [-0.2, -0.15) is 0 Å². The normalized spacial score (nSPS) is 10.6. The van der Waals surface area contributed by atoms with Crippen molar-refractivity contribution in [3.05, 3.63) is 59.0 Å². The Labute approximate surface area is 126 Å². The van der Waals surface area contributed by atoms with Gasteiger partial charge in [-0.15, -0.1) is 0 Å². The van der Waals surface area contributed by atoms with Gasteiger partial charge in [0.1, 0.15) is 5.69 Å². The minimum atomic E-state index is -0.361. The zero-order valence-electron chi connectivity index (χ0n) is 11.2. The number of hydrogen-bond acceptors (Lipinski definition) is 4. The summed E-state index contributed by atoms with van der Waals surface area (Å²) >= 11 is 6.07. The van der Waals surface area contributed by atoms with Gasteiger partial charge >= 0.3 is 0 Å². The van der Waals surface area contributed by atoms with Crippen LogP contribution in [0.25, 0.3) is 11.0 Å². The molecule has 104 valence electrons. The molecule has 2 heterocycles. The number of para-hydroxylation sites is 2. The molecule has 0 aliphatic carbocycles. The van der Waals surface area contributed by atoms with Gasteiger partial charge in [0.2, 0.25) is 0 Å². The Bertz CT molecular complexity index is 835. The van der Waals surface area contributed by atoms with Crippen LogP contribution in [0.15, 0.2) is 42.6 Å². The average molecular weight is 299 g/mol. The molecule has 3 aromatic rings. The lowest BCUT2D eigenvalue weighted by Gasteiger charge is -2.08. The van der Waals surface area contributed by atoms with Gasteiger partial charge in [0.05, 0.1) is 11.0 Å². The summed E-state index contributed by atoms with van der Waals surface area (Å²) < 4.78 is 0. The second kappa shape index (κ2) is 5.46. The Morgan fingerprint density at radius 1 is 1.10 bits per heavy atom. The van der Waals surface area contributed by atoms with Crippen LogP contribution in [0.1, 0.15) is 16.1 Å². The quantitative estimate of drug-likeness (QED) is 0.788. The highest BCUT2D eigenvalue weighted by Crippen LogP contribution is 2.21. The molecule has 0 saturated carbocycles. The van der Waals surface area contributed by atoms with Crippen molar-refractivity contribution < 1.29 is 4.79 Å². The van der Waals surface area contributed by atoms with E-state index in [0.717, 1.165) is 5.56 Å². The molecule has 5 nitrogen and oxygen atoms in total. The summed E-state index contributed by atoms with van der Waals surface area (Å²) in [5, 5.41) is 2.80. The third kappa shape index (κ3) is 2.68. The number of anilines is 1. The number of aromatic nitrogens is 3. The molecule has 1 amide bonds. The van der Waals surface area contributed by atoms with E-state index >= 15 is 0 Å². The van der Waals surface area contributed by atoms with Crippen LogP contribution in [0.4, 0.5) is 5.82 Å². The van der Waals surface area contributed by atoms with E-state index in [9.17, 15) is 4.79 Å². The van der Waals surface area contributed by atoms with Gasteiger partial charge in [-0.25, -0.2) is 9.97 Å². The van der Waals surface area contributed by atoms with Gasteiger partial charge in [0.25, 0.3) is 5.91 Å². The Morgan fingerprint density at radius 2 is 1.81 bits per heavy atom. The summed E-state index contributed by atoms with van der Waals surface area (Å²) in [7, 11) is 0. The van der Waals surface area contributed by atoms with Crippen molar-refractivity contribution in [2.24, 2.45) is 0 Å². The number of pyridine rings is 1. The standard InChI is InChI=1S/C15H11ClN4O/c1-9-5-4-8-17-12(9)15(21)20-14-13(16)18-10-6-2-3-7-11(10)19-14/h2-8H,1H3,(H,19,20,21). The number of fused-ring (bicyclic) bond motifs is 1. The summed E-state index contributed by atoms with van der Waals surface area (Å²) in [5.41, 5.74) is 2.45. The molecule has 0 fully saturated rings. The fourth-order valence-electron chi connectivity index (χ4n) is 1.95. The third-order valence-electron chi connectivity index (χ3n) is 2.98. The van der Waals surface area contributed by atoms with Gasteiger partial charge in [-0.1, -0.05) is 29.8 Å². The summed E-state index contributed by atoms with van der Waals surface area (Å²) in [6.07, 6.45) is 1.57. The maximum Gasteiger partial charge on any atom is 0.275 e. The van der Waals surface area contributed by atoms with E-state index < -0.39 is 0 Å². The van der Waals surface area contributed by atoms with Crippen LogP contribution in [0.5, 0.6) is 0 Å². The SMILES string of the molecule is Cc1cccnc1C(=O)Nc1nc2ccccc2nc1Cl. The van der Waals surface area contributed by atoms with E-state index in [1.165, 1.54) is 0 Å². The second-order valence-corrected chi connectivity index (χ2v) is 4.83. The van der Waals surface area contributed by atoms with Crippen molar-refractivity contribution in [3.63, 3.8) is 0 Å². The largest absolute Gasteiger partial charge is 0.303 e. The minimum Gasteiger partial charge on any atom is -0.303 e. The zero-order chi connectivity index (χ0) is 14.8. The van der Waals surface area contributed by atoms with Crippen molar-refractivity contribution in [2.45, 2.75) is 6.92 Å². The lowest BCUT2D eigenvalue weighted by molar-refractivity contribution is 0.102. The summed E-state index contributed by atoms with van der Waals surface area (Å²) in [5.74, 6) is -0.134. The first-order valence-corrected chi connectivity index (χ1v) is 6.68. The number of carbonyl (C=O) groups excluding carboxylic acids is 1. The molecular formula is C15H11ClN4O. The van der Waals surface area contributed by atoms with Crippen LogP contribution < -0.4 is 5.32 Å². The molecule has 0 aliphatic heterocycles. The molecular weight excluding hydrogens is 288 g/mol. The van der Waals surface area contributed by atoms with E-state index in [1.54, 1.807) is 18.3 Å². The molecule has 0 atom stereocenters. The first-order chi connectivity index (χ1) is 10.1. The molecule has 6 heteroatoms. The number of nitrogens with one attached hydrogen (secondary N) is 1. The fourth-order valence-corrected chi connectivity index (χ4v) is 2.13. The maximum atomic E-state index is 12.2. The van der Waals surface area contributed by atoms with Gasteiger partial charge < -0.3 is 5.32 Å². The van der Waals surface area contributed by atoms with Gasteiger partial charge in [-0.3, -0.25) is 9.78 Å². The van der Waals surface area contributed by atoms with E-state index in [-0.39, 0.29) is 16.9 Å². The van der Waals surface area contributed by atoms with Crippen LogP contribution in [-0.4, -0.2) is 20.9 Å². The molecule has 2 aromatic heterocycles. The summed E-state index contributed by atoms with van der Waals surface area (Å²) in [4.78, 5) is 24.8. The molecule has 0 spiro atoms. The van der Waals surface area contributed by atoms with Crippen LogP contribution >= 0.6 is 11.6 Å². The number of benzene rings is 1. The lowest BCUT2D eigenvalue weighted by Crippen LogP contribution is -2.16. The smallest absolute Gasteiger partial charge is 0.275 e. The molecule has 1 N–H and O–H groups in total. The van der Waals surface area contributed by atoms with E-state index in [2.05, 4.69) is 20.3 Å². The summed E-state index contributed by atoms with van der Waals surface area (Å²) in [6.45, 7) is 1.82. The van der Waals surface area contributed by atoms with Crippen LogP contribution in [0.3, 0.4) is 0 Å². The number of halogens is 1. The van der Waals surface area contributed by atoms with Crippen LogP contribution in [0.2, 0.25) is 5.15 Å². The number of nitrogens with zero attached hydrogens (tertiary/aromatic N) is 3. The second-order valence-electron chi connectivity index (χ2n) is 4.47.